The highest BCUT2D eigenvalue weighted by Gasteiger charge is 2.30. The second-order valence-electron chi connectivity index (χ2n) is 4.72. The van der Waals surface area contributed by atoms with E-state index in [1.54, 1.807) is 19.1 Å². The highest BCUT2D eigenvalue weighted by atomic mass is 19.4. The molecule has 112 valence electrons. The van der Waals surface area contributed by atoms with Crippen LogP contribution in [-0.2, 0) is 6.18 Å². The van der Waals surface area contributed by atoms with E-state index in [0.29, 0.717) is 11.3 Å². The highest BCUT2D eigenvalue weighted by Crippen LogP contribution is 2.30. The summed E-state index contributed by atoms with van der Waals surface area (Å²) in [4.78, 5) is 20.7. The lowest BCUT2D eigenvalue weighted by Crippen LogP contribution is -2.23. The molecule has 3 rings (SSSR count). The van der Waals surface area contributed by atoms with Crippen LogP contribution in [0.2, 0.25) is 0 Å². The van der Waals surface area contributed by atoms with Crippen molar-refractivity contribution in [3.8, 4) is 5.69 Å². The van der Waals surface area contributed by atoms with Gasteiger partial charge in [0.25, 0.3) is 5.56 Å². The minimum atomic E-state index is -4.48. The SMILES string of the molecule is Cc1nc2cccnc2c(=O)n1-c1cccc(C(F)(F)F)c1. The number of hydrogen-bond donors (Lipinski definition) is 0. The zero-order valence-corrected chi connectivity index (χ0v) is 11.4. The maximum Gasteiger partial charge on any atom is 0.416 e. The summed E-state index contributed by atoms with van der Waals surface area (Å²) in [6.07, 6.45) is -3.03. The monoisotopic (exact) mass is 305 g/mol. The molecule has 0 aliphatic rings. The van der Waals surface area contributed by atoms with Crippen LogP contribution in [0.1, 0.15) is 11.4 Å². The third kappa shape index (κ3) is 2.34. The first-order chi connectivity index (χ1) is 10.4. The second-order valence-corrected chi connectivity index (χ2v) is 4.72. The zero-order valence-electron chi connectivity index (χ0n) is 11.4. The van der Waals surface area contributed by atoms with E-state index in [0.717, 1.165) is 16.7 Å². The van der Waals surface area contributed by atoms with Crippen molar-refractivity contribution in [2.45, 2.75) is 13.1 Å². The van der Waals surface area contributed by atoms with Crippen molar-refractivity contribution in [1.29, 1.82) is 0 Å². The average molecular weight is 305 g/mol. The average Bonchev–Trinajstić information content (AvgIpc) is 2.47. The number of rotatable bonds is 1. The largest absolute Gasteiger partial charge is 0.416 e. The van der Waals surface area contributed by atoms with Crippen molar-refractivity contribution in [2.24, 2.45) is 0 Å². The Morgan fingerprint density at radius 1 is 1.14 bits per heavy atom. The van der Waals surface area contributed by atoms with Gasteiger partial charge in [-0.15, -0.1) is 0 Å². The Bertz CT molecular complexity index is 916. The van der Waals surface area contributed by atoms with Crippen molar-refractivity contribution >= 4 is 11.0 Å². The standard InChI is InChI=1S/C15H10F3N3O/c1-9-20-12-6-3-7-19-13(12)14(22)21(9)11-5-2-4-10(8-11)15(16,17)18/h2-8H,1H3. The van der Waals surface area contributed by atoms with E-state index in [1.807, 2.05) is 0 Å². The van der Waals surface area contributed by atoms with Crippen LogP contribution in [0.3, 0.4) is 0 Å². The molecule has 0 bridgehead atoms. The normalized spacial score (nSPS) is 11.8. The van der Waals surface area contributed by atoms with Crippen molar-refractivity contribution < 1.29 is 13.2 Å². The Balaban J connectivity index is 2.29. The summed E-state index contributed by atoms with van der Waals surface area (Å²) in [5.74, 6) is 0.296. The summed E-state index contributed by atoms with van der Waals surface area (Å²) in [5.41, 5.74) is -0.684. The molecule has 0 saturated carbocycles. The maximum absolute atomic E-state index is 12.8. The van der Waals surface area contributed by atoms with Crippen molar-refractivity contribution in [1.82, 2.24) is 14.5 Å². The number of nitrogens with zero attached hydrogens (tertiary/aromatic N) is 3. The predicted molar refractivity (Wildman–Crippen MR) is 74.9 cm³/mol. The fourth-order valence-electron chi connectivity index (χ4n) is 2.25. The lowest BCUT2D eigenvalue weighted by molar-refractivity contribution is -0.137. The zero-order chi connectivity index (χ0) is 15.9. The molecular weight excluding hydrogens is 295 g/mol. The minimum Gasteiger partial charge on any atom is -0.266 e. The molecule has 4 nitrogen and oxygen atoms in total. The van der Waals surface area contributed by atoms with Crippen molar-refractivity contribution in [3.63, 3.8) is 0 Å². The number of halogens is 3. The highest BCUT2D eigenvalue weighted by molar-refractivity contribution is 5.73. The number of aryl methyl sites for hydroxylation is 1. The fourth-order valence-corrected chi connectivity index (χ4v) is 2.25. The first kappa shape index (κ1) is 14.2. The Kier molecular flexibility index (Phi) is 3.20. The van der Waals surface area contributed by atoms with Gasteiger partial charge in [-0.25, -0.2) is 9.97 Å². The number of benzene rings is 1. The quantitative estimate of drug-likeness (QED) is 0.694. The van der Waals surface area contributed by atoms with Crippen LogP contribution in [0.25, 0.3) is 16.7 Å². The molecule has 1 aromatic carbocycles. The summed E-state index contributed by atoms with van der Waals surface area (Å²) < 4.78 is 39.6. The molecule has 0 amide bonds. The van der Waals surface area contributed by atoms with E-state index in [2.05, 4.69) is 9.97 Å². The number of alkyl halides is 3. The van der Waals surface area contributed by atoms with Crippen LogP contribution in [0.15, 0.2) is 47.4 Å². The summed E-state index contributed by atoms with van der Waals surface area (Å²) in [6.45, 7) is 1.56. The molecule has 0 atom stereocenters. The number of aromatic nitrogens is 3. The van der Waals surface area contributed by atoms with Crippen molar-refractivity contribution in [2.75, 3.05) is 0 Å². The lowest BCUT2D eigenvalue weighted by atomic mass is 10.2. The van der Waals surface area contributed by atoms with E-state index in [4.69, 9.17) is 0 Å². The van der Waals surface area contributed by atoms with Gasteiger partial charge in [-0.05, 0) is 37.3 Å². The Morgan fingerprint density at radius 2 is 1.91 bits per heavy atom. The molecule has 2 heterocycles. The van der Waals surface area contributed by atoms with Crippen LogP contribution in [0.5, 0.6) is 0 Å². The van der Waals surface area contributed by atoms with Gasteiger partial charge in [-0.3, -0.25) is 9.36 Å². The molecule has 0 saturated heterocycles. The Hall–Kier alpha value is -2.70. The van der Waals surface area contributed by atoms with Crippen molar-refractivity contribution in [3.05, 3.63) is 64.3 Å². The minimum absolute atomic E-state index is 0.109. The first-order valence-corrected chi connectivity index (χ1v) is 6.40. The predicted octanol–water partition coefficient (Wildman–Crippen LogP) is 3.11. The smallest absolute Gasteiger partial charge is 0.266 e. The number of hydrogen-bond acceptors (Lipinski definition) is 3. The molecule has 0 N–H and O–H groups in total. The first-order valence-electron chi connectivity index (χ1n) is 6.40. The third-order valence-corrected chi connectivity index (χ3v) is 3.23. The molecule has 7 heteroatoms. The molecule has 22 heavy (non-hydrogen) atoms. The second kappa shape index (κ2) is 4.94. The van der Waals surface area contributed by atoms with Crippen LogP contribution >= 0.6 is 0 Å². The Morgan fingerprint density at radius 3 is 2.64 bits per heavy atom. The summed E-state index contributed by atoms with van der Waals surface area (Å²) in [7, 11) is 0. The molecule has 0 unspecified atom stereocenters. The molecule has 0 aliphatic carbocycles. The lowest BCUT2D eigenvalue weighted by Gasteiger charge is -2.13. The molecule has 0 fully saturated rings. The molecule has 0 radical (unpaired) electrons. The van der Waals surface area contributed by atoms with E-state index in [-0.39, 0.29) is 11.2 Å². The van der Waals surface area contributed by atoms with E-state index < -0.39 is 17.3 Å². The molecular formula is C15H10F3N3O. The van der Waals surface area contributed by atoms with Gasteiger partial charge in [0.2, 0.25) is 0 Å². The van der Waals surface area contributed by atoms with E-state index in [9.17, 15) is 18.0 Å². The molecule has 2 aromatic heterocycles. The van der Waals surface area contributed by atoms with Gasteiger partial charge in [0, 0.05) is 6.20 Å². The van der Waals surface area contributed by atoms with Crippen LogP contribution in [0.4, 0.5) is 13.2 Å². The summed E-state index contributed by atoms with van der Waals surface area (Å²) >= 11 is 0. The van der Waals surface area contributed by atoms with Gasteiger partial charge >= 0.3 is 6.18 Å². The van der Waals surface area contributed by atoms with Gasteiger partial charge in [0.1, 0.15) is 5.82 Å². The molecule has 3 aromatic rings. The van der Waals surface area contributed by atoms with E-state index >= 15 is 0 Å². The molecule has 0 spiro atoms. The fraction of sp³-hybridized carbons (Fsp3) is 0.133. The van der Waals surface area contributed by atoms with Gasteiger partial charge in [0.15, 0.2) is 5.52 Å². The Labute approximate surface area is 122 Å². The van der Waals surface area contributed by atoms with Crippen LogP contribution in [-0.4, -0.2) is 14.5 Å². The van der Waals surface area contributed by atoms with Gasteiger partial charge in [-0.2, -0.15) is 13.2 Å². The number of pyridine rings is 1. The van der Waals surface area contributed by atoms with Gasteiger partial charge in [-0.1, -0.05) is 6.07 Å². The maximum atomic E-state index is 12.8. The number of fused-ring (bicyclic) bond motifs is 1. The van der Waals surface area contributed by atoms with Crippen LogP contribution < -0.4 is 5.56 Å². The third-order valence-electron chi connectivity index (χ3n) is 3.23. The summed E-state index contributed by atoms with van der Waals surface area (Å²) in [6, 6.07) is 7.84. The van der Waals surface area contributed by atoms with Gasteiger partial charge in [0.05, 0.1) is 16.8 Å². The topological polar surface area (TPSA) is 47.8 Å². The summed E-state index contributed by atoms with van der Waals surface area (Å²) in [5, 5.41) is 0. The van der Waals surface area contributed by atoms with Crippen LogP contribution in [0, 0.1) is 6.92 Å². The van der Waals surface area contributed by atoms with Gasteiger partial charge < -0.3 is 0 Å². The molecule has 0 aliphatic heterocycles. The van der Waals surface area contributed by atoms with E-state index in [1.165, 1.54) is 18.3 Å².